The molecule has 0 saturated heterocycles. The number of aliphatic hydroxyl groups excluding tert-OH is 1. The molecule has 0 spiro atoms. The van der Waals surface area contributed by atoms with Gasteiger partial charge in [0.2, 0.25) is 0 Å². The molecule has 5 heteroatoms. The molecule has 0 aliphatic heterocycles. The van der Waals surface area contributed by atoms with Crippen molar-refractivity contribution < 1.29 is 9.50 Å². The van der Waals surface area contributed by atoms with Gasteiger partial charge in [-0.1, -0.05) is 32.0 Å². The summed E-state index contributed by atoms with van der Waals surface area (Å²) in [6.07, 6.45) is 0. The molecule has 0 saturated carbocycles. The number of benzene rings is 1. The number of aryl methyl sites for hydroxylation is 1. The van der Waals surface area contributed by atoms with Crippen LogP contribution in [0, 0.1) is 12.7 Å². The molecule has 0 radical (unpaired) electrons. The largest absolute Gasteiger partial charge is 0.395 e. The Labute approximate surface area is 113 Å². The summed E-state index contributed by atoms with van der Waals surface area (Å²) in [4.78, 5) is 0. The zero-order valence-corrected chi connectivity index (χ0v) is 11.9. The first-order valence-electron chi connectivity index (χ1n) is 6.01. The molecule has 102 valence electrons. The van der Waals surface area contributed by atoms with Crippen LogP contribution in [0.25, 0.3) is 0 Å². The van der Waals surface area contributed by atoms with Gasteiger partial charge < -0.3 is 15.7 Å². The molecule has 18 heavy (non-hydrogen) atoms. The van der Waals surface area contributed by atoms with Crippen molar-refractivity contribution >= 4 is 17.3 Å². The standard InChI is InChI=1S/C11H15FN2OS.C2H6/c1-8-3-2-4-9(10(8)12)7-14-11(16)13-5-6-15;1-2/h2-4,15H,5-7H2,1H3,(H2,13,14,16);1-2H3. The minimum atomic E-state index is -0.208. The van der Waals surface area contributed by atoms with Crippen molar-refractivity contribution in [1.82, 2.24) is 10.6 Å². The second kappa shape index (κ2) is 9.79. The summed E-state index contributed by atoms with van der Waals surface area (Å²) < 4.78 is 13.6. The SMILES string of the molecule is CC.Cc1cccc(CNC(=S)NCCO)c1F. The average Bonchev–Trinajstić information content (AvgIpc) is 2.40. The van der Waals surface area contributed by atoms with E-state index in [2.05, 4.69) is 10.6 Å². The highest BCUT2D eigenvalue weighted by Gasteiger charge is 2.04. The molecule has 0 amide bonds. The van der Waals surface area contributed by atoms with Gasteiger partial charge in [-0.25, -0.2) is 4.39 Å². The lowest BCUT2D eigenvalue weighted by Gasteiger charge is -2.10. The van der Waals surface area contributed by atoms with E-state index in [4.69, 9.17) is 17.3 Å². The number of hydrogen-bond acceptors (Lipinski definition) is 2. The molecule has 0 aliphatic rings. The second-order valence-electron chi connectivity index (χ2n) is 3.38. The molecule has 0 bridgehead atoms. The summed E-state index contributed by atoms with van der Waals surface area (Å²) in [5, 5.41) is 14.6. The van der Waals surface area contributed by atoms with Crippen LogP contribution in [0.3, 0.4) is 0 Å². The van der Waals surface area contributed by atoms with Crippen LogP contribution in [0.15, 0.2) is 18.2 Å². The summed E-state index contributed by atoms with van der Waals surface area (Å²) in [7, 11) is 0. The Kier molecular flexibility index (Phi) is 9.14. The predicted octanol–water partition coefficient (Wildman–Crippen LogP) is 2.12. The third kappa shape index (κ3) is 5.93. The smallest absolute Gasteiger partial charge is 0.166 e. The number of nitrogens with one attached hydrogen (secondary N) is 2. The van der Waals surface area contributed by atoms with Gasteiger partial charge in [0.05, 0.1) is 6.61 Å². The molecule has 0 atom stereocenters. The lowest BCUT2D eigenvalue weighted by Crippen LogP contribution is -2.36. The summed E-state index contributed by atoms with van der Waals surface area (Å²) >= 11 is 4.94. The van der Waals surface area contributed by atoms with Gasteiger partial charge in [-0.05, 0) is 24.7 Å². The van der Waals surface area contributed by atoms with Crippen LogP contribution in [-0.2, 0) is 6.54 Å². The minimum Gasteiger partial charge on any atom is -0.395 e. The van der Waals surface area contributed by atoms with Crippen LogP contribution in [0.1, 0.15) is 25.0 Å². The molecule has 3 nitrogen and oxygen atoms in total. The molecule has 3 N–H and O–H groups in total. The second-order valence-corrected chi connectivity index (χ2v) is 3.79. The maximum atomic E-state index is 13.6. The minimum absolute atomic E-state index is 0.0145. The van der Waals surface area contributed by atoms with Gasteiger partial charge >= 0.3 is 0 Å². The van der Waals surface area contributed by atoms with E-state index in [-0.39, 0.29) is 12.4 Å². The number of thiocarbonyl (C=S) groups is 1. The lowest BCUT2D eigenvalue weighted by molar-refractivity contribution is 0.300. The Hall–Kier alpha value is -1.20. The lowest BCUT2D eigenvalue weighted by atomic mass is 10.1. The fourth-order valence-electron chi connectivity index (χ4n) is 1.25. The molecular formula is C13H21FN2OS. The first kappa shape index (κ1) is 16.8. The fourth-order valence-corrected chi connectivity index (χ4v) is 1.43. The van der Waals surface area contributed by atoms with Gasteiger partial charge in [-0.15, -0.1) is 0 Å². The monoisotopic (exact) mass is 272 g/mol. The molecule has 0 aromatic heterocycles. The average molecular weight is 272 g/mol. The predicted molar refractivity (Wildman–Crippen MR) is 77.0 cm³/mol. The van der Waals surface area contributed by atoms with Crippen LogP contribution < -0.4 is 10.6 Å². The highest BCUT2D eigenvalue weighted by molar-refractivity contribution is 7.80. The van der Waals surface area contributed by atoms with Crippen molar-refractivity contribution in [2.45, 2.75) is 27.3 Å². The van der Waals surface area contributed by atoms with E-state index in [0.717, 1.165) is 0 Å². The molecule has 0 heterocycles. The van der Waals surface area contributed by atoms with E-state index >= 15 is 0 Å². The van der Waals surface area contributed by atoms with E-state index < -0.39 is 0 Å². The Bertz CT molecular complexity index is 372. The van der Waals surface area contributed by atoms with Gasteiger partial charge in [0.25, 0.3) is 0 Å². The van der Waals surface area contributed by atoms with E-state index in [1.54, 1.807) is 25.1 Å². The van der Waals surface area contributed by atoms with Crippen molar-refractivity contribution in [3.05, 3.63) is 35.1 Å². The van der Waals surface area contributed by atoms with Crippen molar-refractivity contribution in [3.8, 4) is 0 Å². The quantitative estimate of drug-likeness (QED) is 0.735. The molecule has 0 aliphatic carbocycles. The highest BCUT2D eigenvalue weighted by Crippen LogP contribution is 2.11. The molecular weight excluding hydrogens is 251 g/mol. The van der Waals surface area contributed by atoms with Crippen LogP contribution in [-0.4, -0.2) is 23.4 Å². The first-order chi connectivity index (χ1) is 8.65. The number of rotatable bonds is 4. The summed E-state index contributed by atoms with van der Waals surface area (Å²) in [6, 6.07) is 5.24. The Balaban J connectivity index is 0.00000137. The topological polar surface area (TPSA) is 44.3 Å². The zero-order valence-electron chi connectivity index (χ0n) is 11.1. The fraction of sp³-hybridized carbons (Fsp3) is 0.462. The summed E-state index contributed by atoms with van der Waals surface area (Å²) in [5.74, 6) is -0.208. The van der Waals surface area contributed by atoms with Crippen molar-refractivity contribution in [2.24, 2.45) is 0 Å². The molecule has 1 aromatic rings. The van der Waals surface area contributed by atoms with Crippen molar-refractivity contribution in [1.29, 1.82) is 0 Å². The molecule has 0 unspecified atom stereocenters. The molecule has 1 rings (SSSR count). The Morgan fingerprint density at radius 1 is 1.33 bits per heavy atom. The number of hydrogen-bond donors (Lipinski definition) is 3. The van der Waals surface area contributed by atoms with Crippen molar-refractivity contribution in [2.75, 3.05) is 13.2 Å². The van der Waals surface area contributed by atoms with E-state index in [1.807, 2.05) is 13.8 Å². The van der Waals surface area contributed by atoms with Gasteiger partial charge in [0.15, 0.2) is 5.11 Å². The van der Waals surface area contributed by atoms with Crippen LogP contribution in [0.2, 0.25) is 0 Å². The maximum absolute atomic E-state index is 13.6. The van der Waals surface area contributed by atoms with Crippen LogP contribution in [0.4, 0.5) is 4.39 Å². The summed E-state index contributed by atoms with van der Waals surface area (Å²) in [5.41, 5.74) is 1.20. The third-order valence-corrected chi connectivity index (χ3v) is 2.40. The maximum Gasteiger partial charge on any atom is 0.166 e. The zero-order chi connectivity index (χ0) is 14.0. The van der Waals surface area contributed by atoms with Crippen LogP contribution >= 0.6 is 12.2 Å². The van der Waals surface area contributed by atoms with Gasteiger partial charge in [0.1, 0.15) is 5.82 Å². The van der Waals surface area contributed by atoms with Crippen molar-refractivity contribution in [3.63, 3.8) is 0 Å². The third-order valence-electron chi connectivity index (χ3n) is 2.11. The Morgan fingerprint density at radius 3 is 2.61 bits per heavy atom. The van der Waals surface area contributed by atoms with Crippen LogP contribution in [0.5, 0.6) is 0 Å². The van der Waals surface area contributed by atoms with Gasteiger partial charge in [0, 0.05) is 18.7 Å². The highest BCUT2D eigenvalue weighted by atomic mass is 32.1. The van der Waals surface area contributed by atoms with E-state index in [1.165, 1.54) is 0 Å². The summed E-state index contributed by atoms with van der Waals surface area (Å²) in [6.45, 7) is 6.47. The van der Waals surface area contributed by atoms with E-state index in [0.29, 0.717) is 29.3 Å². The number of aliphatic hydroxyl groups is 1. The van der Waals surface area contributed by atoms with Gasteiger partial charge in [-0.2, -0.15) is 0 Å². The first-order valence-corrected chi connectivity index (χ1v) is 6.42. The van der Waals surface area contributed by atoms with Gasteiger partial charge in [-0.3, -0.25) is 0 Å². The van der Waals surface area contributed by atoms with E-state index in [9.17, 15) is 4.39 Å². The number of halogens is 1. The molecule has 1 aromatic carbocycles. The Morgan fingerprint density at radius 2 is 2.00 bits per heavy atom. The normalized spacial score (nSPS) is 9.17. The molecule has 0 fully saturated rings.